The van der Waals surface area contributed by atoms with E-state index in [1.807, 2.05) is 13.8 Å². The molecule has 0 saturated carbocycles. The van der Waals surface area contributed by atoms with Crippen molar-refractivity contribution in [2.45, 2.75) is 26.3 Å². The summed E-state index contributed by atoms with van der Waals surface area (Å²) in [6, 6.07) is 6.79. The van der Waals surface area contributed by atoms with Crippen molar-refractivity contribution in [3.05, 3.63) is 28.2 Å². The predicted octanol–water partition coefficient (Wildman–Crippen LogP) is 3.43. The average Bonchev–Trinajstić information content (AvgIpc) is 2.35. The van der Waals surface area contributed by atoms with E-state index >= 15 is 0 Å². The molecule has 0 radical (unpaired) electrons. The smallest absolute Gasteiger partial charge is 0.259 e. The van der Waals surface area contributed by atoms with E-state index in [4.69, 9.17) is 33.2 Å². The number of halogens is 2. The predicted molar refractivity (Wildman–Crippen MR) is 79.0 cm³/mol. The monoisotopic (exact) mass is 314 g/mol. The van der Waals surface area contributed by atoms with Crippen molar-refractivity contribution in [3.63, 3.8) is 0 Å². The maximum atomic E-state index is 11.8. The number of carbonyl (C=O) groups excluding carboxylic acids is 1. The van der Waals surface area contributed by atoms with Gasteiger partial charge in [-0.3, -0.25) is 4.79 Å². The molecule has 0 heterocycles. The number of hydrogen-bond acceptors (Lipinski definition) is 3. The first kappa shape index (κ1) is 16.6. The highest BCUT2D eigenvalue weighted by atomic mass is 35.5. The average molecular weight is 315 g/mol. The van der Waals surface area contributed by atoms with Gasteiger partial charge in [0.05, 0.1) is 6.07 Å². The number of hydrogen-bond donors (Lipinski definition) is 1. The zero-order valence-corrected chi connectivity index (χ0v) is 13.0. The Morgan fingerprint density at radius 3 is 2.40 bits per heavy atom. The molecule has 0 fully saturated rings. The Kier molecular flexibility index (Phi) is 5.67. The Labute approximate surface area is 128 Å². The molecule has 1 rings (SSSR count). The number of rotatable bonds is 5. The number of carbonyl (C=O) groups is 1. The molecule has 0 bridgehead atoms. The van der Waals surface area contributed by atoms with E-state index in [2.05, 4.69) is 11.4 Å². The van der Waals surface area contributed by atoms with Gasteiger partial charge in [-0.05, 0) is 31.0 Å². The van der Waals surface area contributed by atoms with Crippen molar-refractivity contribution in [3.8, 4) is 11.8 Å². The van der Waals surface area contributed by atoms with Crippen LogP contribution in [-0.4, -0.2) is 18.1 Å². The summed E-state index contributed by atoms with van der Waals surface area (Å²) in [6.45, 7) is 5.19. The molecular formula is C14H16Cl2N2O2. The highest BCUT2D eigenvalue weighted by molar-refractivity contribution is 6.34. The molecule has 1 aromatic carbocycles. The number of nitrogens with zero attached hydrogens (tertiary/aromatic N) is 1. The summed E-state index contributed by atoms with van der Waals surface area (Å²) in [5.74, 6) is 0.0109. The minimum atomic E-state index is -0.924. The van der Waals surface area contributed by atoms with E-state index in [-0.39, 0.29) is 18.4 Å². The molecule has 6 heteroatoms. The Morgan fingerprint density at radius 2 is 1.95 bits per heavy atom. The van der Waals surface area contributed by atoms with E-state index in [1.54, 1.807) is 25.1 Å². The first-order valence-electron chi connectivity index (χ1n) is 6.08. The summed E-state index contributed by atoms with van der Waals surface area (Å²) in [7, 11) is 0. The maximum Gasteiger partial charge on any atom is 0.259 e. The third-order valence-electron chi connectivity index (χ3n) is 2.99. The van der Waals surface area contributed by atoms with Gasteiger partial charge in [0.25, 0.3) is 5.91 Å². The first-order chi connectivity index (χ1) is 9.26. The molecule has 0 spiro atoms. The van der Waals surface area contributed by atoms with E-state index in [9.17, 15) is 4.79 Å². The van der Waals surface area contributed by atoms with Crippen LogP contribution in [-0.2, 0) is 4.79 Å². The normalized spacial score (nSPS) is 13.4. The number of benzene rings is 1. The molecular weight excluding hydrogens is 299 g/mol. The van der Waals surface area contributed by atoms with Crippen LogP contribution in [0.1, 0.15) is 20.8 Å². The minimum Gasteiger partial charge on any atom is -0.484 e. The van der Waals surface area contributed by atoms with Gasteiger partial charge in [-0.1, -0.05) is 37.0 Å². The highest BCUT2D eigenvalue weighted by Gasteiger charge is 2.29. The Balaban J connectivity index is 2.62. The van der Waals surface area contributed by atoms with E-state index < -0.39 is 5.54 Å². The summed E-state index contributed by atoms with van der Waals surface area (Å²) >= 11 is 11.7. The van der Waals surface area contributed by atoms with Crippen molar-refractivity contribution < 1.29 is 9.53 Å². The molecule has 0 saturated heterocycles. The molecule has 0 unspecified atom stereocenters. The van der Waals surface area contributed by atoms with Gasteiger partial charge in [0.2, 0.25) is 0 Å². The van der Waals surface area contributed by atoms with E-state index in [1.165, 1.54) is 0 Å². The van der Waals surface area contributed by atoms with Gasteiger partial charge in [0, 0.05) is 10.0 Å². The van der Waals surface area contributed by atoms with Crippen molar-refractivity contribution in [1.82, 2.24) is 5.32 Å². The van der Waals surface area contributed by atoms with Crippen molar-refractivity contribution in [1.29, 1.82) is 5.26 Å². The molecule has 1 aromatic rings. The summed E-state index contributed by atoms with van der Waals surface area (Å²) in [6.07, 6.45) is 0. The van der Waals surface area contributed by atoms with Gasteiger partial charge in [-0.15, -0.1) is 0 Å². The van der Waals surface area contributed by atoms with E-state index in [0.29, 0.717) is 15.8 Å². The Hall–Kier alpha value is -1.44. The second kappa shape index (κ2) is 6.83. The summed E-state index contributed by atoms with van der Waals surface area (Å²) < 4.78 is 5.31. The summed E-state index contributed by atoms with van der Waals surface area (Å²) in [5.41, 5.74) is -0.924. The second-order valence-electron chi connectivity index (χ2n) is 4.91. The molecule has 0 aliphatic rings. The van der Waals surface area contributed by atoms with Crippen LogP contribution in [0.3, 0.4) is 0 Å². The molecule has 20 heavy (non-hydrogen) atoms. The molecule has 1 N–H and O–H groups in total. The lowest BCUT2D eigenvalue weighted by atomic mass is 9.90. The fourth-order valence-corrected chi connectivity index (χ4v) is 1.89. The van der Waals surface area contributed by atoms with Crippen LogP contribution in [0.4, 0.5) is 0 Å². The number of nitriles is 1. The van der Waals surface area contributed by atoms with Crippen LogP contribution >= 0.6 is 23.2 Å². The Morgan fingerprint density at radius 1 is 1.40 bits per heavy atom. The summed E-state index contributed by atoms with van der Waals surface area (Å²) in [4.78, 5) is 11.8. The molecule has 0 aliphatic heterocycles. The molecule has 0 aliphatic carbocycles. The topological polar surface area (TPSA) is 62.1 Å². The van der Waals surface area contributed by atoms with Crippen molar-refractivity contribution in [2.75, 3.05) is 6.61 Å². The van der Waals surface area contributed by atoms with Crippen molar-refractivity contribution >= 4 is 29.1 Å². The molecule has 108 valence electrons. The Bertz CT molecular complexity index is 520. The quantitative estimate of drug-likeness (QED) is 0.905. The number of nitrogens with one attached hydrogen (secondary N) is 1. The third kappa shape index (κ3) is 4.59. The second-order valence-corrected chi connectivity index (χ2v) is 5.78. The zero-order valence-electron chi connectivity index (χ0n) is 11.5. The van der Waals surface area contributed by atoms with Crippen LogP contribution in [0, 0.1) is 17.2 Å². The lowest BCUT2D eigenvalue weighted by Crippen LogP contribution is -2.50. The van der Waals surface area contributed by atoms with Gasteiger partial charge >= 0.3 is 0 Å². The first-order valence-corrected chi connectivity index (χ1v) is 6.83. The lowest BCUT2D eigenvalue weighted by molar-refractivity contribution is -0.124. The number of amides is 1. The summed E-state index contributed by atoms with van der Waals surface area (Å²) in [5, 5.41) is 12.6. The fourth-order valence-electron chi connectivity index (χ4n) is 1.39. The van der Waals surface area contributed by atoms with Gasteiger partial charge in [-0.25, -0.2) is 0 Å². The zero-order chi connectivity index (χ0) is 15.3. The fraction of sp³-hybridized carbons (Fsp3) is 0.429. The van der Waals surface area contributed by atoms with Crippen LogP contribution in [0.5, 0.6) is 5.75 Å². The molecule has 1 amide bonds. The standard InChI is InChI=1S/C14H16Cl2N2O2/c1-9(2)14(3,8-17)18-13(19)7-20-12-5-10(15)4-11(16)6-12/h4-6,9H,7H2,1-3H3,(H,18,19)/t14-/m1/s1. The maximum absolute atomic E-state index is 11.8. The highest BCUT2D eigenvalue weighted by Crippen LogP contribution is 2.24. The van der Waals surface area contributed by atoms with Crippen LogP contribution in [0.25, 0.3) is 0 Å². The van der Waals surface area contributed by atoms with Crippen LogP contribution < -0.4 is 10.1 Å². The molecule has 4 nitrogen and oxygen atoms in total. The third-order valence-corrected chi connectivity index (χ3v) is 3.43. The van der Waals surface area contributed by atoms with Crippen LogP contribution in [0.15, 0.2) is 18.2 Å². The van der Waals surface area contributed by atoms with Gasteiger partial charge in [0.1, 0.15) is 11.3 Å². The van der Waals surface area contributed by atoms with Gasteiger partial charge in [0.15, 0.2) is 6.61 Å². The van der Waals surface area contributed by atoms with Crippen LogP contribution in [0.2, 0.25) is 10.0 Å². The minimum absolute atomic E-state index is 0.0166. The number of ether oxygens (including phenoxy) is 1. The van der Waals surface area contributed by atoms with Gasteiger partial charge < -0.3 is 10.1 Å². The van der Waals surface area contributed by atoms with Crippen molar-refractivity contribution in [2.24, 2.45) is 5.92 Å². The van der Waals surface area contributed by atoms with Gasteiger partial charge in [-0.2, -0.15) is 5.26 Å². The molecule has 1 atom stereocenters. The SMILES string of the molecule is CC(C)[C@@](C)(C#N)NC(=O)COc1cc(Cl)cc(Cl)c1. The lowest BCUT2D eigenvalue weighted by Gasteiger charge is -2.27. The van der Waals surface area contributed by atoms with E-state index in [0.717, 1.165) is 0 Å². The largest absolute Gasteiger partial charge is 0.484 e. The molecule has 0 aromatic heterocycles.